The molecule has 2 aliphatic heterocycles. The fraction of sp³-hybridized carbons (Fsp3) is 0.333. The molecular weight excluding hydrogens is 297 g/mol. The molecule has 0 fully saturated rings. The Labute approximate surface area is 125 Å². The lowest BCUT2D eigenvalue weighted by molar-refractivity contribution is -0.144. The second-order valence-corrected chi connectivity index (χ2v) is 6.07. The molecule has 3 rings (SSSR count). The van der Waals surface area contributed by atoms with Gasteiger partial charge in [-0.25, -0.2) is 9.18 Å². The third-order valence-corrected chi connectivity index (χ3v) is 4.11. The maximum absolute atomic E-state index is 13.2. The summed E-state index contributed by atoms with van der Waals surface area (Å²) in [5, 5.41) is 2.90. The Morgan fingerprint density at radius 2 is 2.10 bits per heavy atom. The van der Waals surface area contributed by atoms with Gasteiger partial charge in [-0.2, -0.15) is 0 Å². The molecule has 0 saturated heterocycles. The lowest BCUT2D eigenvalue weighted by atomic mass is 9.83. The average molecular weight is 310 g/mol. The van der Waals surface area contributed by atoms with Crippen molar-refractivity contribution < 1.29 is 18.7 Å². The molecule has 0 unspecified atom stereocenters. The van der Waals surface area contributed by atoms with E-state index >= 15 is 0 Å². The van der Waals surface area contributed by atoms with Gasteiger partial charge in [-0.1, -0.05) is 17.7 Å². The van der Waals surface area contributed by atoms with Crippen LogP contribution in [0.15, 0.2) is 29.5 Å². The van der Waals surface area contributed by atoms with Crippen LogP contribution in [0.3, 0.4) is 0 Å². The lowest BCUT2D eigenvalue weighted by Crippen LogP contribution is -2.38. The molecule has 2 heterocycles. The summed E-state index contributed by atoms with van der Waals surface area (Å²) in [6.45, 7) is 3.42. The molecule has 1 atom stereocenters. The van der Waals surface area contributed by atoms with Gasteiger partial charge < -0.3 is 10.1 Å². The van der Waals surface area contributed by atoms with Crippen LogP contribution in [0.2, 0.25) is 5.02 Å². The second kappa shape index (κ2) is 4.56. The van der Waals surface area contributed by atoms with E-state index in [0.717, 1.165) is 0 Å². The molecule has 1 aromatic carbocycles. The van der Waals surface area contributed by atoms with Crippen molar-refractivity contribution in [2.75, 3.05) is 0 Å². The highest BCUT2D eigenvalue weighted by molar-refractivity contribution is 6.31. The second-order valence-electron chi connectivity index (χ2n) is 5.66. The topological polar surface area (TPSA) is 55.4 Å². The quantitative estimate of drug-likeness (QED) is 0.811. The van der Waals surface area contributed by atoms with Crippen LogP contribution >= 0.6 is 11.6 Å². The summed E-state index contributed by atoms with van der Waals surface area (Å²) in [7, 11) is 0. The molecule has 6 heteroatoms. The summed E-state index contributed by atoms with van der Waals surface area (Å²) in [5.41, 5.74) is 0.532. The van der Waals surface area contributed by atoms with Crippen LogP contribution in [0.25, 0.3) is 0 Å². The molecule has 1 N–H and O–H groups in total. The van der Waals surface area contributed by atoms with Crippen molar-refractivity contribution in [2.24, 2.45) is 0 Å². The molecule has 0 bridgehead atoms. The van der Waals surface area contributed by atoms with Gasteiger partial charge in [-0.3, -0.25) is 4.79 Å². The van der Waals surface area contributed by atoms with Gasteiger partial charge in [0, 0.05) is 17.4 Å². The summed E-state index contributed by atoms with van der Waals surface area (Å²) in [6, 6.07) is 3.94. The number of ether oxygens (including phenoxy) is 1. The van der Waals surface area contributed by atoms with Crippen LogP contribution in [0.1, 0.15) is 31.7 Å². The number of carbonyl (C=O) groups is 2. The van der Waals surface area contributed by atoms with Crippen LogP contribution in [0.5, 0.6) is 0 Å². The maximum atomic E-state index is 13.2. The smallest absolute Gasteiger partial charge is 0.337 e. The Morgan fingerprint density at radius 3 is 2.76 bits per heavy atom. The van der Waals surface area contributed by atoms with Crippen molar-refractivity contribution in [3.8, 4) is 0 Å². The van der Waals surface area contributed by atoms with E-state index in [1.807, 2.05) is 0 Å². The number of carbonyl (C=O) groups excluding carboxylic acids is 2. The van der Waals surface area contributed by atoms with Crippen molar-refractivity contribution in [3.63, 3.8) is 0 Å². The zero-order chi connectivity index (χ0) is 15.4. The molecule has 4 nitrogen and oxygen atoms in total. The highest BCUT2D eigenvalue weighted by Gasteiger charge is 2.47. The van der Waals surface area contributed by atoms with Gasteiger partial charge >= 0.3 is 5.97 Å². The van der Waals surface area contributed by atoms with E-state index in [1.54, 1.807) is 13.8 Å². The average Bonchev–Trinajstić information content (AvgIpc) is 2.59. The Kier molecular flexibility index (Phi) is 3.06. The monoisotopic (exact) mass is 309 g/mol. The Hall–Kier alpha value is -1.88. The number of hydrogen-bond acceptors (Lipinski definition) is 3. The lowest BCUT2D eigenvalue weighted by Gasteiger charge is -2.27. The normalized spacial score (nSPS) is 23.7. The summed E-state index contributed by atoms with van der Waals surface area (Å²) in [4.78, 5) is 24.1. The molecule has 1 amide bonds. The van der Waals surface area contributed by atoms with Gasteiger partial charge in [0.05, 0.1) is 11.3 Å². The molecule has 0 aliphatic carbocycles. The minimum Gasteiger partial charge on any atom is -0.450 e. The molecular formula is C15H13ClFNO3. The molecule has 2 aliphatic rings. The first-order valence-corrected chi connectivity index (χ1v) is 6.90. The summed E-state index contributed by atoms with van der Waals surface area (Å²) in [6.07, 6.45) is 0.0787. The van der Waals surface area contributed by atoms with Crippen LogP contribution in [-0.2, 0) is 14.3 Å². The van der Waals surface area contributed by atoms with Gasteiger partial charge in [0.1, 0.15) is 11.4 Å². The van der Waals surface area contributed by atoms with Crippen LogP contribution < -0.4 is 5.32 Å². The Balaban J connectivity index is 2.15. The van der Waals surface area contributed by atoms with Gasteiger partial charge in [-0.05, 0) is 31.5 Å². The number of nitrogens with one attached hydrogen (secondary N) is 1. The maximum Gasteiger partial charge on any atom is 0.337 e. The fourth-order valence-corrected chi connectivity index (χ4v) is 3.12. The van der Waals surface area contributed by atoms with Crippen molar-refractivity contribution in [1.82, 2.24) is 5.32 Å². The number of amides is 1. The fourth-order valence-electron chi connectivity index (χ4n) is 2.83. The Bertz CT molecular complexity index is 696. The van der Waals surface area contributed by atoms with Crippen molar-refractivity contribution in [1.29, 1.82) is 0 Å². The number of halogens is 2. The van der Waals surface area contributed by atoms with E-state index in [4.69, 9.17) is 16.3 Å². The number of benzene rings is 1. The minimum absolute atomic E-state index is 0.0787. The van der Waals surface area contributed by atoms with Gasteiger partial charge in [0.2, 0.25) is 5.91 Å². The van der Waals surface area contributed by atoms with Gasteiger partial charge in [0.25, 0.3) is 0 Å². The molecule has 0 aromatic heterocycles. The van der Waals surface area contributed by atoms with E-state index in [0.29, 0.717) is 16.8 Å². The van der Waals surface area contributed by atoms with Crippen LogP contribution in [0, 0.1) is 5.82 Å². The first kappa shape index (κ1) is 14.1. The predicted octanol–water partition coefficient (Wildman–Crippen LogP) is 2.67. The summed E-state index contributed by atoms with van der Waals surface area (Å²) >= 11 is 6.07. The first-order chi connectivity index (χ1) is 9.79. The predicted molar refractivity (Wildman–Crippen MR) is 74.1 cm³/mol. The number of rotatable bonds is 1. The number of esters is 1. The van der Waals surface area contributed by atoms with E-state index < -0.39 is 23.3 Å². The Morgan fingerprint density at radius 1 is 1.38 bits per heavy atom. The van der Waals surface area contributed by atoms with Crippen LogP contribution in [-0.4, -0.2) is 17.5 Å². The molecule has 0 spiro atoms. The summed E-state index contributed by atoms with van der Waals surface area (Å²) in [5.74, 6) is -1.67. The molecule has 0 radical (unpaired) electrons. The highest BCUT2D eigenvalue weighted by Crippen LogP contribution is 2.44. The van der Waals surface area contributed by atoms with E-state index in [1.165, 1.54) is 18.2 Å². The third-order valence-electron chi connectivity index (χ3n) is 3.78. The molecule has 1 aromatic rings. The van der Waals surface area contributed by atoms with Crippen molar-refractivity contribution in [3.05, 3.63) is 45.9 Å². The van der Waals surface area contributed by atoms with Crippen LogP contribution in [0.4, 0.5) is 4.39 Å². The van der Waals surface area contributed by atoms with E-state index in [-0.39, 0.29) is 17.4 Å². The standard InChI is InChI=1S/C15H13ClFNO3/c1-15(2)13-12(14(20)21-15)9(6-11(19)18-13)8-4-3-7(17)5-10(8)16/h3-5,9H,6H2,1-2H3,(H,18,19)/t9-/m1/s1. The number of cyclic esters (lactones) is 1. The highest BCUT2D eigenvalue weighted by atomic mass is 35.5. The zero-order valence-corrected chi connectivity index (χ0v) is 12.3. The largest absolute Gasteiger partial charge is 0.450 e. The minimum atomic E-state index is -0.882. The van der Waals surface area contributed by atoms with E-state index in [9.17, 15) is 14.0 Å². The van der Waals surface area contributed by atoms with Crippen molar-refractivity contribution in [2.45, 2.75) is 31.8 Å². The first-order valence-electron chi connectivity index (χ1n) is 6.52. The third kappa shape index (κ3) is 2.21. The summed E-state index contributed by atoms with van der Waals surface area (Å²) < 4.78 is 18.5. The molecule has 110 valence electrons. The van der Waals surface area contributed by atoms with Gasteiger partial charge in [-0.15, -0.1) is 0 Å². The molecule has 0 saturated carbocycles. The van der Waals surface area contributed by atoms with Gasteiger partial charge in [0.15, 0.2) is 0 Å². The van der Waals surface area contributed by atoms with Crippen molar-refractivity contribution >= 4 is 23.5 Å². The molecule has 21 heavy (non-hydrogen) atoms. The van der Waals surface area contributed by atoms with E-state index in [2.05, 4.69) is 5.32 Å². The SMILES string of the molecule is CC1(C)OC(=O)C2=C1NC(=O)C[C@@H]2c1ccc(F)cc1Cl. The zero-order valence-electron chi connectivity index (χ0n) is 11.5. The number of hydrogen-bond donors (Lipinski definition) is 1.